The fraction of sp³-hybridized carbons (Fsp3) is 0.500. The Morgan fingerprint density at radius 1 is 1.25 bits per heavy atom. The molecule has 1 aromatic carbocycles. The number of nitrogens with two attached hydrogens (primary N) is 1. The summed E-state index contributed by atoms with van der Waals surface area (Å²) < 4.78 is 10.4. The topological polar surface area (TPSA) is 47.7 Å². The summed E-state index contributed by atoms with van der Waals surface area (Å²) in [6.45, 7) is 1.30. The highest BCUT2D eigenvalue weighted by Crippen LogP contribution is 2.18. The molecule has 1 atom stereocenters. The van der Waals surface area contributed by atoms with E-state index >= 15 is 0 Å². The predicted molar refractivity (Wildman–Crippen MR) is 66.1 cm³/mol. The minimum absolute atomic E-state index is 0.0621. The second-order valence-corrected chi connectivity index (χ2v) is 3.67. The molecule has 0 spiro atoms. The fourth-order valence-electron chi connectivity index (χ4n) is 1.49. The number of benzene rings is 1. The van der Waals surface area contributed by atoms with Crippen LogP contribution in [0.4, 0.5) is 5.69 Å². The van der Waals surface area contributed by atoms with Crippen LogP contribution in [0.25, 0.3) is 0 Å². The van der Waals surface area contributed by atoms with Crippen molar-refractivity contribution in [2.45, 2.75) is 6.10 Å². The standard InChI is InChI=1S/C12H20N2O2/c1-14(9-12(8-13)16-3)10-4-6-11(15-2)7-5-10/h4-7,12H,8-9,13H2,1-3H3. The number of anilines is 1. The summed E-state index contributed by atoms with van der Waals surface area (Å²) >= 11 is 0. The van der Waals surface area contributed by atoms with E-state index in [2.05, 4.69) is 4.90 Å². The van der Waals surface area contributed by atoms with E-state index in [0.29, 0.717) is 6.54 Å². The van der Waals surface area contributed by atoms with Crippen LogP contribution >= 0.6 is 0 Å². The molecule has 0 aromatic heterocycles. The first-order valence-electron chi connectivity index (χ1n) is 5.29. The smallest absolute Gasteiger partial charge is 0.119 e. The Morgan fingerprint density at radius 3 is 2.31 bits per heavy atom. The van der Waals surface area contributed by atoms with Crippen molar-refractivity contribution in [3.8, 4) is 5.75 Å². The maximum atomic E-state index is 5.58. The molecule has 4 nitrogen and oxygen atoms in total. The van der Waals surface area contributed by atoms with E-state index in [4.69, 9.17) is 15.2 Å². The summed E-state index contributed by atoms with van der Waals surface area (Å²) in [5.41, 5.74) is 6.71. The van der Waals surface area contributed by atoms with Crippen LogP contribution < -0.4 is 15.4 Å². The number of likely N-dealkylation sites (N-methyl/N-ethyl adjacent to an activating group) is 1. The molecule has 0 bridgehead atoms. The third-order valence-corrected chi connectivity index (χ3v) is 2.59. The van der Waals surface area contributed by atoms with Crippen molar-refractivity contribution in [2.24, 2.45) is 5.73 Å². The maximum Gasteiger partial charge on any atom is 0.119 e. The lowest BCUT2D eigenvalue weighted by Crippen LogP contribution is -2.35. The van der Waals surface area contributed by atoms with Gasteiger partial charge in [-0.05, 0) is 24.3 Å². The summed E-state index contributed by atoms with van der Waals surface area (Å²) in [5.74, 6) is 0.860. The molecule has 1 rings (SSSR count). The van der Waals surface area contributed by atoms with Crippen LogP contribution in [0.2, 0.25) is 0 Å². The lowest BCUT2D eigenvalue weighted by molar-refractivity contribution is 0.115. The molecule has 1 unspecified atom stereocenters. The molecule has 0 aliphatic carbocycles. The number of nitrogens with zero attached hydrogens (tertiary/aromatic N) is 1. The largest absolute Gasteiger partial charge is 0.497 e. The van der Waals surface area contributed by atoms with Crippen LogP contribution in [-0.4, -0.2) is 40.5 Å². The minimum Gasteiger partial charge on any atom is -0.497 e. The number of hydrogen-bond donors (Lipinski definition) is 1. The highest BCUT2D eigenvalue weighted by Gasteiger charge is 2.09. The number of methoxy groups -OCH3 is 2. The Hall–Kier alpha value is -1.26. The molecule has 4 heteroatoms. The van der Waals surface area contributed by atoms with Gasteiger partial charge in [0.2, 0.25) is 0 Å². The normalized spacial score (nSPS) is 12.2. The zero-order valence-electron chi connectivity index (χ0n) is 10.1. The Morgan fingerprint density at radius 2 is 1.88 bits per heavy atom. The first kappa shape index (κ1) is 12.8. The minimum atomic E-state index is 0.0621. The SMILES string of the molecule is COc1ccc(N(C)CC(CN)OC)cc1. The first-order chi connectivity index (χ1) is 7.71. The van der Waals surface area contributed by atoms with Crippen molar-refractivity contribution in [3.05, 3.63) is 24.3 Å². The molecule has 1 aromatic rings. The molecule has 0 saturated heterocycles. The summed E-state index contributed by atoms with van der Waals surface area (Å²) in [6.07, 6.45) is 0.0621. The second-order valence-electron chi connectivity index (χ2n) is 3.67. The van der Waals surface area contributed by atoms with Gasteiger partial charge in [0.15, 0.2) is 0 Å². The quantitative estimate of drug-likeness (QED) is 0.786. The van der Waals surface area contributed by atoms with Gasteiger partial charge >= 0.3 is 0 Å². The van der Waals surface area contributed by atoms with Gasteiger partial charge in [-0.25, -0.2) is 0 Å². The molecule has 0 heterocycles. The highest BCUT2D eigenvalue weighted by atomic mass is 16.5. The van der Waals surface area contributed by atoms with Crippen LogP contribution in [0, 0.1) is 0 Å². The summed E-state index contributed by atoms with van der Waals surface area (Å²) in [5, 5.41) is 0. The molecule has 0 aliphatic rings. The van der Waals surface area contributed by atoms with Crippen LogP contribution in [-0.2, 0) is 4.74 Å². The van der Waals surface area contributed by atoms with Gasteiger partial charge in [0, 0.05) is 32.9 Å². The van der Waals surface area contributed by atoms with Crippen molar-refractivity contribution >= 4 is 5.69 Å². The number of hydrogen-bond acceptors (Lipinski definition) is 4. The van der Waals surface area contributed by atoms with Gasteiger partial charge in [-0.3, -0.25) is 0 Å². The lowest BCUT2D eigenvalue weighted by atomic mass is 10.2. The Labute approximate surface area is 96.9 Å². The molecule has 0 saturated carbocycles. The second kappa shape index (κ2) is 6.35. The Bertz CT molecular complexity index is 296. The van der Waals surface area contributed by atoms with E-state index in [9.17, 15) is 0 Å². The fourth-order valence-corrected chi connectivity index (χ4v) is 1.49. The van der Waals surface area contributed by atoms with E-state index in [1.165, 1.54) is 0 Å². The van der Waals surface area contributed by atoms with Crippen LogP contribution in [0.15, 0.2) is 24.3 Å². The molecule has 0 amide bonds. The first-order valence-corrected chi connectivity index (χ1v) is 5.29. The van der Waals surface area contributed by atoms with Crippen molar-refractivity contribution < 1.29 is 9.47 Å². The van der Waals surface area contributed by atoms with Crippen molar-refractivity contribution in [1.29, 1.82) is 0 Å². The van der Waals surface area contributed by atoms with E-state index in [-0.39, 0.29) is 6.10 Å². The average molecular weight is 224 g/mol. The Balaban J connectivity index is 2.61. The van der Waals surface area contributed by atoms with Gasteiger partial charge in [0.05, 0.1) is 13.2 Å². The third kappa shape index (κ3) is 3.40. The molecular weight excluding hydrogens is 204 g/mol. The van der Waals surface area contributed by atoms with E-state index in [1.807, 2.05) is 31.3 Å². The number of rotatable bonds is 6. The summed E-state index contributed by atoms with van der Waals surface area (Å²) in [7, 11) is 5.36. The van der Waals surface area contributed by atoms with Gasteiger partial charge in [-0.2, -0.15) is 0 Å². The Kier molecular flexibility index (Phi) is 5.08. The molecule has 0 radical (unpaired) electrons. The van der Waals surface area contributed by atoms with E-state index < -0.39 is 0 Å². The maximum absolute atomic E-state index is 5.58. The van der Waals surface area contributed by atoms with Crippen LogP contribution in [0.3, 0.4) is 0 Å². The van der Waals surface area contributed by atoms with Gasteiger partial charge in [0.25, 0.3) is 0 Å². The van der Waals surface area contributed by atoms with Crippen molar-refractivity contribution in [1.82, 2.24) is 0 Å². The summed E-state index contributed by atoms with van der Waals surface area (Å²) in [6, 6.07) is 7.91. The van der Waals surface area contributed by atoms with Crippen molar-refractivity contribution in [3.63, 3.8) is 0 Å². The molecule has 0 aliphatic heterocycles. The average Bonchev–Trinajstić information content (AvgIpc) is 2.35. The van der Waals surface area contributed by atoms with E-state index in [1.54, 1.807) is 14.2 Å². The predicted octanol–water partition coefficient (Wildman–Crippen LogP) is 1.11. The zero-order chi connectivity index (χ0) is 12.0. The molecule has 16 heavy (non-hydrogen) atoms. The molecule has 2 N–H and O–H groups in total. The van der Waals surface area contributed by atoms with Gasteiger partial charge < -0.3 is 20.1 Å². The third-order valence-electron chi connectivity index (χ3n) is 2.59. The van der Waals surface area contributed by atoms with Crippen LogP contribution in [0.1, 0.15) is 0 Å². The van der Waals surface area contributed by atoms with E-state index in [0.717, 1.165) is 18.0 Å². The van der Waals surface area contributed by atoms with Gasteiger partial charge in [-0.1, -0.05) is 0 Å². The summed E-state index contributed by atoms with van der Waals surface area (Å²) in [4.78, 5) is 2.11. The van der Waals surface area contributed by atoms with Crippen LogP contribution in [0.5, 0.6) is 5.75 Å². The lowest BCUT2D eigenvalue weighted by Gasteiger charge is -2.24. The van der Waals surface area contributed by atoms with Crippen molar-refractivity contribution in [2.75, 3.05) is 39.3 Å². The molecular formula is C12H20N2O2. The molecule has 90 valence electrons. The highest BCUT2D eigenvalue weighted by molar-refractivity contribution is 5.48. The molecule has 0 fully saturated rings. The number of ether oxygens (including phenoxy) is 2. The van der Waals surface area contributed by atoms with Gasteiger partial charge in [-0.15, -0.1) is 0 Å². The zero-order valence-corrected chi connectivity index (χ0v) is 10.1. The van der Waals surface area contributed by atoms with Gasteiger partial charge in [0.1, 0.15) is 5.75 Å². The monoisotopic (exact) mass is 224 g/mol.